The zero-order chi connectivity index (χ0) is 27.6. The van der Waals surface area contributed by atoms with E-state index in [9.17, 15) is 15.0 Å². The highest BCUT2D eigenvalue weighted by Crippen LogP contribution is 2.44. The Bertz CT molecular complexity index is 1500. The molecule has 3 N–H and O–H groups in total. The molecule has 2 aliphatic rings. The monoisotopic (exact) mass is 539 g/mol. The number of hydrogen-bond donors (Lipinski definition) is 3. The molecule has 0 radical (unpaired) electrons. The number of benzene rings is 3. The number of aryl methyl sites for hydroxylation is 1. The number of phenolic OH excluding ortho intramolecular Hbond substituents is 2. The molecule has 0 unspecified atom stereocenters. The minimum atomic E-state index is -0.368. The molecule has 4 aromatic rings. The first kappa shape index (κ1) is 26.1. The molecule has 0 atom stereocenters. The maximum atomic E-state index is 13.3. The van der Waals surface area contributed by atoms with E-state index in [2.05, 4.69) is 27.5 Å². The molecule has 3 aromatic carbocycles. The molecule has 0 bridgehead atoms. The van der Waals surface area contributed by atoms with Crippen molar-refractivity contribution in [2.24, 2.45) is 0 Å². The van der Waals surface area contributed by atoms with Crippen LogP contribution in [0.4, 0.5) is 0 Å². The fourth-order valence-electron chi connectivity index (χ4n) is 5.35. The highest BCUT2D eigenvalue weighted by Gasteiger charge is 2.29. The Morgan fingerprint density at radius 2 is 1.60 bits per heavy atom. The Labute approximate surface area is 233 Å². The molecular weight excluding hydrogens is 506 g/mol. The van der Waals surface area contributed by atoms with Crippen LogP contribution in [0, 0.1) is 6.92 Å². The topological polar surface area (TPSA) is 108 Å². The van der Waals surface area contributed by atoms with Gasteiger partial charge in [0.05, 0.1) is 30.4 Å². The van der Waals surface area contributed by atoms with E-state index in [0.717, 1.165) is 36.3 Å². The number of likely N-dealkylation sites (tertiary alicyclic amines) is 1. The first-order chi connectivity index (χ1) is 19.5. The number of rotatable bonds is 7. The quantitative estimate of drug-likeness (QED) is 0.284. The van der Waals surface area contributed by atoms with E-state index in [0.29, 0.717) is 29.9 Å². The average molecular weight is 540 g/mol. The van der Waals surface area contributed by atoms with Gasteiger partial charge in [-0.05, 0) is 55.6 Å². The van der Waals surface area contributed by atoms with Crippen LogP contribution in [0.3, 0.4) is 0 Å². The van der Waals surface area contributed by atoms with Crippen LogP contribution in [0.25, 0.3) is 33.6 Å². The number of ether oxygens (including phenoxy) is 1. The Balaban J connectivity index is 1.40. The van der Waals surface area contributed by atoms with Gasteiger partial charge >= 0.3 is 0 Å². The number of aromatic nitrogens is 1. The van der Waals surface area contributed by atoms with Crippen LogP contribution < -0.4 is 5.32 Å². The lowest BCUT2D eigenvalue weighted by molar-refractivity contribution is -0.00359. The third-order valence-electron chi connectivity index (χ3n) is 7.70. The van der Waals surface area contributed by atoms with Crippen LogP contribution in [0.15, 0.2) is 65.2 Å². The fraction of sp³-hybridized carbons (Fsp3) is 0.312. The zero-order valence-electron chi connectivity index (χ0n) is 22.5. The van der Waals surface area contributed by atoms with Gasteiger partial charge in [0, 0.05) is 18.2 Å². The van der Waals surface area contributed by atoms with Crippen LogP contribution in [0.5, 0.6) is 11.5 Å². The van der Waals surface area contributed by atoms with E-state index in [1.54, 1.807) is 6.07 Å². The summed E-state index contributed by atoms with van der Waals surface area (Å²) < 4.78 is 11.0. The number of aromatic hydroxyl groups is 2. The maximum absolute atomic E-state index is 13.3. The summed E-state index contributed by atoms with van der Waals surface area (Å²) in [6.45, 7) is 5.99. The maximum Gasteiger partial charge on any atom is 0.274 e. The van der Waals surface area contributed by atoms with Crippen molar-refractivity contribution in [3.63, 3.8) is 0 Å². The van der Waals surface area contributed by atoms with Gasteiger partial charge in [0.2, 0.25) is 0 Å². The van der Waals surface area contributed by atoms with Gasteiger partial charge in [-0.1, -0.05) is 65.7 Å². The van der Waals surface area contributed by atoms with Gasteiger partial charge in [0.25, 0.3) is 5.91 Å². The molecule has 1 amide bonds. The van der Waals surface area contributed by atoms with Crippen LogP contribution in [-0.2, 0) is 11.3 Å². The molecule has 0 aliphatic carbocycles. The lowest BCUT2D eigenvalue weighted by Crippen LogP contribution is -2.48. The second kappa shape index (κ2) is 11.2. The minimum absolute atomic E-state index is 0.0591. The molecule has 2 fully saturated rings. The van der Waals surface area contributed by atoms with Gasteiger partial charge in [-0.3, -0.25) is 9.69 Å². The van der Waals surface area contributed by atoms with E-state index >= 15 is 0 Å². The summed E-state index contributed by atoms with van der Waals surface area (Å²) in [5.74, 6) is -0.347. The number of nitrogens with one attached hydrogen (secondary N) is 1. The first-order valence-corrected chi connectivity index (χ1v) is 13.8. The van der Waals surface area contributed by atoms with E-state index in [4.69, 9.17) is 9.26 Å². The summed E-state index contributed by atoms with van der Waals surface area (Å²) in [4.78, 5) is 15.7. The van der Waals surface area contributed by atoms with Gasteiger partial charge in [-0.15, -0.1) is 0 Å². The third-order valence-corrected chi connectivity index (χ3v) is 7.70. The van der Waals surface area contributed by atoms with Crippen molar-refractivity contribution in [1.82, 2.24) is 15.4 Å². The van der Waals surface area contributed by atoms with E-state index in [-0.39, 0.29) is 34.9 Å². The molecule has 8 nitrogen and oxygen atoms in total. The number of hydrogen-bond acceptors (Lipinski definition) is 7. The van der Waals surface area contributed by atoms with Crippen LogP contribution in [0.2, 0.25) is 0 Å². The van der Waals surface area contributed by atoms with Gasteiger partial charge in [0.15, 0.2) is 11.5 Å². The molecule has 0 saturated carbocycles. The average Bonchev–Trinajstić information content (AvgIpc) is 3.37. The van der Waals surface area contributed by atoms with Crippen molar-refractivity contribution in [1.29, 1.82) is 0 Å². The molecule has 40 heavy (non-hydrogen) atoms. The molecule has 6 rings (SSSR count). The van der Waals surface area contributed by atoms with E-state index in [1.165, 1.54) is 30.9 Å². The zero-order valence-corrected chi connectivity index (χ0v) is 22.5. The van der Waals surface area contributed by atoms with Gasteiger partial charge in [-0.2, -0.15) is 0 Å². The summed E-state index contributed by atoms with van der Waals surface area (Å²) in [6.07, 6.45) is 3.75. The van der Waals surface area contributed by atoms with Crippen molar-refractivity contribution >= 4 is 5.91 Å². The highest BCUT2D eigenvalue weighted by atomic mass is 16.5. The smallest absolute Gasteiger partial charge is 0.274 e. The third kappa shape index (κ3) is 5.33. The van der Waals surface area contributed by atoms with Crippen molar-refractivity contribution < 1.29 is 24.3 Å². The normalized spacial score (nSPS) is 16.0. The van der Waals surface area contributed by atoms with Crippen LogP contribution in [0.1, 0.15) is 40.9 Å². The number of phenols is 2. The van der Waals surface area contributed by atoms with Crippen molar-refractivity contribution in [3.8, 4) is 45.1 Å². The molecule has 3 heterocycles. The lowest BCUT2D eigenvalue weighted by Gasteiger charge is -2.26. The van der Waals surface area contributed by atoms with Crippen LogP contribution in [-0.4, -0.2) is 58.5 Å². The summed E-state index contributed by atoms with van der Waals surface area (Å²) in [6, 6.07) is 18.7. The summed E-state index contributed by atoms with van der Waals surface area (Å²) in [7, 11) is 0. The standard InChI is InChI=1S/C32H33N3O5/c1-20-5-9-22(10-6-20)25-15-26(28(37)16-27(25)36)31-29(30(34-40-31)32(38)33-24-18-39-19-24)23-11-7-21(8-12-23)17-35-13-3-2-4-14-35/h5-12,15-16,24,36-37H,2-4,13-14,17-19H2,1H3,(H,33,38). The van der Waals surface area contributed by atoms with E-state index < -0.39 is 0 Å². The lowest BCUT2D eigenvalue weighted by atomic mass is 9.94. The summed E-state index contributed by atoms with van der Waals surface area (Å²) in [5, 5.41) is 28.7. The molecule has 8 heteroatoms. The predicted molar refractivity (Wildman–Crippen MR) is 152 cm³/mol. The second-order valence-electron chi connectivity index (χ2n) is 10.7. The summed E-state index contributed by atoms with van der Waals surface area (Å²) in [5.41, 5.74) is 5.30. The Morgan fingerprint density at radius 1 is 0.925 bits per heavy atom. The molecular formula is C32H33N3O5. The van der Waals surface area contributed by atoms with Crippen molar-refractivity contribution in [3.05, 3.63) is 77.5 Å². The number of amides is 1. The second-order valence-corrected chi connectivity index (χ2v) is 10.7. The Morgan fingerprint density at radius 3 is 2.27 bits per heavy atom. The van der Waals surface area contributed by atoms with Crippen LogP contribution >= 0.6 is 0 Å². The Kier molecular flexibility index (Phi) is 7.28. The molecule has 0 spiro atoms. The largest absolute Gasteiger partial charge is 0.507 e. The SMILES string of the molecule is Cc1ccc(-c2cc(-c3onc(C(=O)NC4COC4)c3-c3ccc(CN4CCCCC4)cc3)c(O)cc2O)cc1. The van der Waals surface area contributed by atoms with Gasteiger partial charge in [0.1, 0.15) is 11.5 Å². The number of piperidine rings is 1. The fourth-order valence-corrected chi connectivity index (χ4v) is 5.35. The number of carbonyl (C=O) groups is 1. The first-order valence-electron chi connectivity index (χ1n) is 13.8. The summed E-state index contributed by atoms with van der Waals surface area (Å²) >= 11 is 0. The molecule has 206 valence electrons. The Hall–Kier alpha value is -4.14. The van der Waals surface area contributed by atoms with Crippen molar-refractivity contribution in [2.45, 2.75) is 38.8 Å². The molecule has 2 saturated heterocycles. The predicted octanol–water partition coefficient (Wildman–Crippen LogP) is 5.51. The molecule has 1 aromatic heterocycles. The van der Waals surface area contributed by atoms with Gasteiger partial charge in [-0.25, -0.2) is 0 Å². The van der Waals surface area contributed by atoms with E-state index in [1.807, 2.05) is 43.3 Å². The van der Waals surface area contributed by atoms with Crippen molar-refractivity contribution in [2.75, 3.05) is 26.3 Å². The number of carbonyl (C=O) groups excluding carboxylic acids is 1. The minimum Gasteiger partial charge on any atom is -0.507 e. The highest BCUT2D eigenvalue weighted by molar-refractivity contribution is 6.03. The molecule has 2 aliphatic heterocycles. The number of nitrogens with zero attached hydrogens (tertiary/aromatic N) is 2. The van der Waals surface area contributed by atoms with Gasteiger partial charge < -0.3 is 24.8 Å².